The number of hydrogen-bond donors (Lipinski definition) is 1. The van der Waals surface area contributed by atoms with E-state index in [0.29, 0.717) is 18.8 Å². The largest absolute Gasteiger partial charge is 0.486 e. The first-order chi connectivity index (χ1) is 11.7. The summed E-state index contributed by atoms with van der Waals surface area (Å²) in [5.41, 5.74) is 1.29. The molecule has 1 aliphatic rings. The van der Waals surface area contributed by atoms with Crippen LogP contribution in [0.3, 0.4) is 0 Å². The highest BCUT2D eigenvalue weighted by Crippen LogP contribution is 2.31. The van der Waals surface area contributed by atoms with Gasteiger partial charge >= 0.3 is 0 Å². The van der Waals surface area contributed by atoms with Gasteiger partial charge in [0, 0.05) is 6.04 Å². The molecule has 1 amide bonds. The van der Waals surface area contributed by atoms with Gasteiger partial charge < -0.3 is 14.8 Å². The topological polar surface area (TPSA) is 47.6 Å². The van der Waals surface area contributed by atoms with Gasteiger partial charge in [-0.15, -0.1) is 0 Å². The predicted octanol–water partition coefficient (Wildman–Crippen LogP) is 3.35. The zero-order valence-corrected chi connectivity index (χ0v) is 13.9. The molecule has 0 saturated carbocycles. The van der Waals surface area contributed by atoms with Crippen molar-refractivity contribution in [2.75, 3.05) is 6.61 Å². The maximum atomic E-state index is 12.2. The number of carbonyl (C=O) groups is 1. The zero-order chi connectivity index (χ0) is 16.8. The molecule has 0 aromatic heterocycles. The molecular formula is C20H23NO3. The number of fused-ring (bicyclic) bond motifs is 1. The van der Waals surface area contributed by atoms with Gasteiger partial charge in [0.15, 0.2) is 11.5 Å². The second kappa shape index (κ2) is 7.86. The third-order valence-electron chi connectivity index (χ3n) is 4.10. The predicted molar refractivity (Wildman–Crippen MR) is 93.3 cm³/mol. The van der Waals surface area contributed by atoms with Crippen LogP contribution in [-0.2, 0) is 11.2 Å². The molecule has 2 atom stereocenters. The molecule has 0 unspecified atom stereocenters. The van der Waals surface area contributed by atoms with Crippen LogP contribution in [0.15, 0.2) is 54.6 Å². The van der Waals surface area contributed by atoms with Crippen molar-refractivity contribution in [2.45, 2.75) is 38.3 Å². The van der Waals surface area contributed by atoms with E-state index in [2.05, 4.69) is 17.4 Å². The van der Waals surface area contributed by atoms with Crippen LogP contribution in [-0.4, -0.2) is 24.7 Å². The van der Waals surface area contributed by atoms with Crippen molar-refractivity contribution in [3.05, 3.63) is 60.2 Å². The molecule has 1 aliphatic heterocycles. The number of ether oxygens (including phenoxy) is 2. The summed E-state index contributed by atoms with van der Waals surface area (Å²) in [5.74, 6) is 1.45. The Balaban J connectivity index is 1.42. The van der Waals surface area contributed by atoms with E-state index < -0.39 is 0 Å². The Hall–Kier alpha value is -2.49. The normalized spacial score (nSPS) is 17.1. The Labute approximate surface area is 142 Å². The number of nitrogens with one attached hydrogen (secondary N) is 1. The lowest BCUT2D eigenvalue weighted by Gasteiger charge is -2.26. The summed E-state index contributed by atoms with van der Waals surface area (Å²) < 4.78 is 11.5. The first-order valence-electron chi connectivity index (χ1n) is 8.42. The minimum absolute atomic E-state index is 0.00328. The summed E-state index contributed by atoms with van der Waals surface area (Å²) in [4.78, 5) is 12.2. The minimum atomic E-state index is -0.235. The third kappa shape index (κ3) is 4.51. The van der Waals surface area contributed by atoms with E-state index >= 15 is 0 Å². The molecule has 0 radical (unpaired) electrons. The third-order valence-corrected chi connectivity index (χ3v) is 4.10. The van der Waals surface area contributed by atoms with E-state index in [1.54, 1.807) is 0 Å². The Morgan fingerprint density at radius 1 is 1.12 bits per heavy atom. The summed E-state index contributed by atoms with van der Waals surface area (Å²) >= 11 is 0. The van der Waals surface area contributed by atoms with Crippen LogP contribution in [0.25, 0.3) is 0 Å². The summed E-state index contributed by atoms with van der Waals surface area (Å²) in [7, 11) is 0. The van der Waals surface area contributed by atoms with Gasteiger partial charge in [0.25, 0.3) is 0 Å². The van der Waals surface area contributed by atoms with E-state index in [0.717, 1.165) is 18.6 Å². The van der Waals surface area contributed by atoms with E-state index in [-0.39, 0.29) is 18.1 Å². The van der Waals surface area contributed by atoms with Gasteiger partial charge in [-0.1, -0.05) is 42.5 Å². The SMILES string of the molecule is C[C@@H](CCc1ccccc1)NC(=O)C[C@@H]1COc2ccccc2O1. The van der Waals surface area contributed by atoms with Crippen molar-refractivity contribution >= 4 is 5.91 Å². The lowest BCUT2D eigenvalue weighted by atomic mass is 10.1. The highest BCUT2D eigenvalue weighted by atomic mass is 16.6. The maximum Gasteiger partial charge on any atom is 0.224 e. The molecule has 3 rings (SSSR count). The highest BCUT2D eigenvalue weighted by molar-refractivity contribution is 5.76. The molecule has 2 aromatic rings. The number of amides is 1. The number of hydrogen-bond acceptors (Lipinski definition) is 3. The monoisotopic (exact) mass is 325 g/mol. The fraction of sp³-hybridized carbons (Fsp3) is 0.350. The second-order valence-electron chi connectivity index (χ2n) is 6.19. The molecule has 4 nitrogen and oxygen atoms in total. The van der Waals surface area contributed by atoms with Crippen LogP contribution in [0, 0.1) is 0 Å². The van der Waals surface area contributed by atoms with Crippen molar-refractivity contribution in [1.82, 2.24) is 5.32 Å². The molecule has 0 saturated heterocycles. The minimum Gasteiger partial charge on any atom is -0.486 e. The van der Waals surface area contributed by atoms with Gasteiger partial charge in [-0.25, -0.2) is 0 Å². The van der Waals surface area contributed by atoms with Crippen LogP contribution >= 0.6 is 0 Å². The van der Waals surface area contributed by atoms with Crippen molar-refractivity contribution in [3.8, 4) is 11.5 Å². The molecule has 24 heavy (non-hydrogen) atoms. The summed E-state index contributed by atoms with van der Waals surface area (Å²) in [5, 5.41) is 3.05. The van der Waals surface area contributed by atoms with Crippen molar-refractivity contribution in [2.24, 2.45) is 0 Å². The number of aryl methyl sites for hydroxylation is 1. The van der Waals surface area contributed by atoms with Crippen LogP contribution in [0.1, 0.15) is 25.3 Å². The van der Waals surface area contributed by atoms with Crippen molar-refractivity contribution in [1.29, 1.82) is 0 Å². The summed E-state index contributed by atoms with van der Waals surface area (Å²) in [6.45, 7) is 2.44. The Kier molecular flexibility index (Phi) is 5.36. The van der Waals surface area contributed by atoms with Crippen LogP contribution in [0.5, 0.6) is 11.5 Å². The standard InChI is InChI=1S/C20H23NO3/c1-15(11-12-16-7-3-2-4-8-16)21-20(22)13-17-14-23-18-9-5-6-10-19(18)24-17/h2-10,15,17H,11-14H2,1H3,(H,21,22)/t15-,17+/m0/s1. The van der Waals surface area contributed by atoms with Crippen LogP contribution < -0.4 is 14.8 Å². The van der Waals surface area contributed by atoms with Crippen LogP contribution in [0.4, 0.5) is 0 Å². The first-order valence-corrected chi connectivity index (χ1v) is 8.42. The van der Waals surface area contributed by atoms with E-state index in [9.17, 15) is 4.79 Å². The number of rotatable bonds is 6. The molecule has 0 fully saturated rings. The zero-order valence-electron chi connectivity index (χ0n) is 13.9. The molecule has 4 heteroatoms. The first kappa shape index (κ1) is 16.4. The van der Waals surface area contributed by atoms with Crippen LogP contribution in [0.2, 0.25) is 0 Å². The van der Waals surface area contributed by atoms with Gasteiger partial charge in [0.05, 0.1) is 6.42 Å². The smallest absolute Gasteiger partial charge is 0.224 e. The van der Waals surface area contributed by atoms with E-state index in [1.807, 2.05) is 49.4 Å². The Morgan fingerprint density at radius 3 is 2.62 bits per heavy atom. The van der Waals surface area contributed by atoms with Gasteiger partial charge in [0.1, 0.15) is 12.7 Å². The molecule has 1 heterocycles. The van der Waals surface area contributed by atoms with Gasteiger partial charge in [-0.05, 0) is 37.5 Å². The fourth-order valence-corrected chi connectivity index (χ4v) is 2.80. The number of benzene rings is 2. The molecule has 126 valence electrons. The van der Waals surface area contributed by atoms with Crippen molar-refractivity contribution < 1.29 is 14.3 Å². The highest BCUT2D eigenvalue weighted by Gasteiger charge is 2.23. The molecule has 0 spiro atoms. The lowest BCUT2D eigenvalue weighted by Crippen LogP contribution is -2.39. The fourth-order valence-electron chi connectivity index (χ4n) is 2.80. The average molecular weight is 325 g/mol. The molecule has 0 bridgehead atoms. The Bertz CT molecular complexity index is 672. The van der Waals surface area contributed by atoms with Gasteiger partial charge in [0.2, 0.25) is 5.91 Å². The molecular weight excluding hydrogens is 302 g/mol. The number of para-hydroxylation sites is 2. The van der Waals surface area contributed by atoms with Gasteiger partial charge in [-0.3, -0.25) is 4.79 Å². The maximum absolute atomic E-state index is 12.2. The van der Waals surface area contributed by atoms with E-state index in [4.69, 9.17) is 9.47 Å². The van der Waals surface area contributed by atoms with Crippen molar-refractivity contribution in [3.63, 3.8) is 0 Å². The van der Waals surface area contributed by atoms with Gasteiger partial charge in [-0.2, -0.15) is 0 Å². The molecule has 0 aliphatic carbocycles. The molecule has 2 aromatic carbocycles. The lowest BCUT2D eigenvalue weighted by molar-refractivity contribution is -0.124. The summed E-state index contributed by atoms with van der Waals surface area (Å²) in [6, 6.07) is 18.0. The number of carbonyl (C=O) groups excluding carboxylic acids is 1. The quantitative estimate of drug-likeness (QED) is 0.886. The average Bonchev–Trinajstić information content (AvgIpc) is 2.60. The summed E-state index contributed by atoms with van der Waals surface area (Å²) in [6.07, 6.45) is 1.95. The molecule has 1 N–H and O–H groups in total. The van der Waals surface area contributed by atoms with E-state index in [1.165, 1.54) is 5.56 Å². The second-order valence-corrected chi connectivity index (χ2v) is 6.19. The Morgan fingerprint density at radius 2 is 1.83 bits per heavy atom.